The molecule has 1 heterocycles. The molecule has 1 aromatic heterocycles. The van der Waals surface area contributed by atoms with Gasteiger partial charge in [-0.1, -0.05) is 12.1 Å². The molecule has 0 radical (unpaired) electrons. The summed E-state index contributed by atoms with van der Waals surface area (Å²) in [6.07, 6.45) is 1.50. The molecule has 31 heavy (non-hydrogen) atoms. The molecule has 0 saturated heterocycles. The molecule has 3 aromatic rings. The molecule has 0 unspecified atom stereocenters. The Labute approximate surface area is 181 Å². The third kappa shape index (κ3) is 5.22. The average molecular weight is 422 g/mol. The predicted molar refractivity (Wildman–Crippen MR) is 118 cm³/mol. The second-order valence-corrected chi connectivity index (χ2v) is 7.04. The Bertz CT molecular complexity index is 1040. The average Bonchev–Trinajstić information content (AvgIpc) is 3.20. The summed E-state index contributed by atoms with van der Waals surface area (Å²) < 4.78 is 12.5. The number of rotatable bonds is 8. The number of hydrogen-bond donors (Lipinski definition) is 1. The predicted octanol–water partition coefficient (Wildman–Crippen LogP) is 3.44. The molecule has 0 spiro atoms. The van der Waals surface area contributed by atoms with Gasteiger partial charge in [-0.05, 0) is 48.9 Å². The van der Waals surface area contributed by atoms with Gasteiger partial charge in [0.15, 0.2) is 0 Å². The van der Waals surface area contributed by atoms with E-state index in [1.807, 2.05) is 43.3 Å². The van der Waals surface area contributed by atoms with Gasteiger partial charge in [0.1, 0.15) is 23.8 Å². The van der Waals surface area contributed by atoms with E-state index in [4.69, 9.17) is 9.47 Å². The molecule has 0 aliphatic carbocycles. The van der Waals surface area contributed by atoms with Crippen molar-refractivity contribution in [3.8, 4) is 11.5 Å². The molecule has 0 bridgehead atoms. The molecular weight excluding hydrogens is 396 g/mol. The Balaban J connectivity index is 1.65. The standard InChI is InChI=1S/C23H26N4O4/c1-5-27-21(23(29)26(2)3)20(14-24-27)25-22(28)17-8-6-16(7-9-17)15-31-19-12-10-18(30-4)11-13-19/h6-14H,5,15H2,1-4H3,(H,25,28). The van der Waals surface area contributed by atoms with E-state index < -0.39 is 0 Å². The fourth-order valence-electron chi connectivity index (χ4n) is 2.94. The maximum absolute atomic E-state index is 12.7. The number of carbonyl (C=O) groups is 2. The third-order valence-corrected chi connectivity index (χ3v) is 4.68. The van der Waals surface area contributed by atoms with Crippen molar-refractivity contribution in [2.45, 2.75) is 20.1 Å². The quantitative estimate of drug-likeness (QED) is 0.601. The number of methoxy groups -OCH3 is 1. The van der Waals surface area contributed by atoms with Gasteiger partial charge in [-0.2, -0.15) is 5.10 Å². The third-order valence-electron chi connectivity index (χ3n) is 4.68. The first-order valence-electron chi connectivity index (χ1n) is 9.87. The van der Waals surface area contributed by atoms with Crippen molar-refractivity contribution in [3.63, 3.8) is 0 Å². The van der Waals surface area contributed by atoms with Crippen molar-refractivity contribution in [2.24, 2.45) is 0 Å². The normalized spacial score (nSPS) is 10.5. The van der Waals surface area contributed by atoms with E-state index in [0.29, 0.717) is 30.1 Å². The maximum atomic E-state index is 12.7. The van der Waals surface area contributed by atoms with Gasteiger partial charge < -0.3 is 19.7 Å². The zero-order chi connectivity index (χ0) is 22.4. The minimum Gasteiger partial charge on any atom is -0.497 e. The number of aromatic nitrogens is 2. The van der Waals surface area contributed by atoms with E-state index in [9.17, 15) is 9.59 Å². The van der Waals surface area contributed by atoms with Crippen LogP contribution in [0.5, 0.6) is 11.5 Å². The fraction of sp³-hybridized carbons (Fsp3) is 0.261. The number of hydrogen-bond acceptors (Lipinski definition) is 5. The van der Waals surface area contributed by atoms with Gasteiger partial charge in [-0.25, -0.2) is 0 Å². The topological polar surface area (TPSA) is 85.7 Å². The van der Waals surface area contributed by atoms with Gasteiger partial charge in [-0.15, -0.1) is 0 Å². The molecule has 0 aliphatic heterocycles. The Morgan fingerprint density at radius 2 is 1.68 bits per heavy atom. The van der Waals surface area contributed by atoms with Crippen LogP contribution < -0.4 is 14.8 Å². The van der Waals surface area contributed by atoms with Crippen LogP contribution >= 0.6 is 0 Å². The first-order valence-corrected chi connectivity index (χ1v) is 9.87. The molecule has 0 saturated carbocycles. The van der Waals surface area contributed by atoms with E-state index in [0.717, 1.165) is 17.1 Å². The fourth-order valence-corrected chi connectivity index (χ4v) is 2.94. The summed E-state index contributed by atoms with van der Waals surface area (Å²) >= 11 is 0. The number of carbonyl (C=O) groups excluding carboxylic acids is 2. The summed E-state index contributed by atoms with van der Waals surface area (Å²) in [5.41, 5.74) is 2.14. The number of nitrogens with one attached hydrogen (secondary N) is 1. The number of amides is 2. The lowest BCUT2D eigenvalue weighted by molar-refractivity contribution is 0.0816. The highest BCUT2D eigenvalue weighted by Gasteiger charge is 2.21. The molecule has 0 fully saturated rings. The highest BCUT2D eigenvalue weighted by Crippen LogP contribution is 2.20. The van der Waals surface area contributed by atoms with Gasteiger partial charge in [0.2, 0.25) is 0 Å². The van der Waals surface area contributed by atoms with Crippen LogP contribution in [0.2, 0.25) is 0 Å². The summed E-state index contributed by atoms with van der Waals surface area (Å²) in [4.78, 5) is 26.6. The van der Waals surface area contributed by atoms with Crippen LogP contribution in [-0.2, 0) is 13.2 Å². The van der Waals surface area contributed by atoms with Crippen LogP contribution in [0.4, 0.5) is 5.69 Å². The first-order chi connectivity index (χ1) is 14.9. The van der Waals surface area contributed by atoms with Crippen molar-refractivity contribution in [3.05, 3.63) is 71.5 Å². The first kappa shape index (κ1) is 21.9. The summed E-state index contributed by atoms with van der Waals surface area (Å²) in [7, 11) is 4.94. The van der Waals surface area contributed by atoms with E-state index in [1.165, 1.54) is 11.1 Å². The van der Waals surface area contributed by atoms with Crippen LogP contribution in [0.15, 0.2) is 54.7 Å². The van der Waals surface area contributed by atoms with Gasteiger partial charge in [0.05, 0.1) is 19.0 Å². The lowest BCUT2D eigenvalue weighted by atomic mass is 10.1. The summed E-state index contributed by atoms with van der Waals surface area (Å²) in [5.74, 6) is 0.961. The van der Waals surface area contributed by atoms with E-state index in [1.54, 1.807) is 38.0 Å². The molecule has 0 atom stereocenters. The molecule has 162 valence electrons. The number of anilines is 1. The van der Waals surface area contributed by atoms with E-state index >= 15 is 0 Å². The van der Waals surface area contributed by atoms with Gasteiger partial charge in [0.25, 0.3) is 11.8 Å². The summed E-state index contributed by atoms with van der Waals surface area (Å²) in [6, 6.07) is 14.4. The van der Waals surface area contributed by atoms with Crippen LogP contribution in [0, 0.1) is 0 Å². The summed E-state index contributed by atoms with van der Waals surface area (Å²) in [6.45, 7) is 2.78. The molecule has 3 rings (SSSR count). The van der Waals surface area contributed by atoms with Crippen molar-refractivity contribution < 1.29 is 19.1 Å². The smallest absolute Gasteiger partial charge is 0.273 e. The van der Waals surface area contributed by atoms with Crippen molar-refractivity contribution in [2.75, 3.05) is 26.5 Å². The minimum absolute atomic E-state index is 0.222. The zero-order valence-corrected chi connectivity index (χ0v) is 18.1. The van der Waals surface area contributed by atoms with Crippen LogP contribution in [0.25, 0.3) is 0 Å². The lowest BCUT2D eigenvalue weighted by Crippen LogP contribution is -2.26. The molecular formula is C23H26N4O4. The Morgan fingerprint density at radius 3 is 2.26 bits per heavy atom. The molecule has 8 heteroatoms. The molecule has 8 nitrogen and oxygen atoms in total. The minimum atomic E-state index is -0.314. The molecule has 1 N–H and O–H groups in total. The van der Waals surface area contributed by atoms with Gasteiger partial charge >= 0.3 is 0 Å². The van der Waals surface area contributed by atoms with Crippen molar-refractivity contribution >= 4 is 17.5 Å². The largest absolute Gasteiger partial charge is 0.497 e. The SMILES string of the molecule is CCn1ncc(NC(=O)c2ccc(COc3ccc(OC)cc3)cc2)c1C(=O)N(C)C. The highest BCUT2D eigenvalue weighted by molar-refractivity contribution is 6.08. The summed E-state index contributed by atoms with van der Waals surface area (Å²) in [5, 5.41) is 6.99. The molecule has 2 aromatic carbocycles. The second-order valence-electron chi connectivity index (χ2n) is 7.04. The zero-order valence-electron chi connectivity index (χ0n) is 18.1. The Hall–Kier alpha value is -3.81. The maximum Gasteiger partial charge on any atom is 0.273 e. The second kappa shape index (κ2) is 9.80. The van der Waals surface area contributed by atoms with Gasteiger partial charge in [0, 0.05) is 26.2 Å². The monoisotopic (exact) mass is 422 g/mol. The van der Waals surface area contributed by atoms with Gasteiger partial charge in [-0.3, -0.25) is 14.3 Å². The Morgan fingerprint density at radius 1 is 1.03 bits per heavy atom. The number of nitrogens with zero attached hydrogens (tertiary/aromatic N) is 3. The molecule has 0 aliphatic rings. The van der Waals surface area contributed by atoms with Crippen LogP contribution in [-0.4, -0.2) is 47.7 Å². The van der Waals surface area contributed by atoms with Crippen molar-refractivity contribution in [1.29, 1.82) is 0 Å². The lowest BCUT2D eigenvalue weighted by Gasteiger charge is -2.13. The van der Waals surface area contributed by atoms with E-state index in [2.05, 4.69) is 10.4 Å². The number of ether oxygens (including phenoxy) is 2. The molecule has 2 amide bonds. The van der Waals surface area contributed by atoms with E-state index in [-0.39, 0.29) is 11.8 Å². The highest BCUT2D eigenvalue weighted by atomic mass is 16.5. The number of benzene rings is 2. The van der Waals surface area contributed by atoms with Crippen LogP contribution in [0.3, 0.4) is 0 Å². The van der Waals surface area contributed by atoms with Crippen molar-refractivity contribution in [1.82, 2.24) is 14.7 Å². The Kier molecular flexibility index (Phi) is 6.92. The van der Waals surface area contributed by atoms with Crippen LogP contribution in [0.1, 0.15) is 33.3 Å². The number of aryl methyl sites for hydroxylation is 1.